The summed E-state index contributed by atoms with van der Waals surface area (Å²) in [5.41, 5.74) is 1.35. The van der Waals surface area contributed by atoms with Crippen molar-refractivity contribution >= 4 is 59.1 Å². The van der Waals surface area contributed by atoms with E-state index in [1.165, 1.54) is 54.5 Å². The van der Waals surface area contributed by atoms with Crippen molar-refractivity contribution in [1.29, 1.82) is 0 Å². The fourth-order valence-electron chi connectivity index (χ4n) is 11.1. The van der Waals surface area contributed by atoms with Gasteiger partial charge in [-0.1, -0.05) is 67.9 Å². The number of aliphatic hydroxyl groups excluding tert-OH is 2. The van der Waals surface area contributed by atoms with Crippen LogP contribution in [-0.4, -0.2) is 183 Å². The molecule has 4 heterocycles. The molecule has 3 saturated heterocycles. The van der Waals surface area contributed by atoms with Crippen LogP contribution in [0.5, 0.6) is 5.75 Å². The largest absolute Gasteiger partial charge is 0.497 e. The zero-order valence-electron chi connectivity index (χ0n) is 48.4. The first-order valence-electron chi connectivity index (χ1n) is 28.2. The summed E-state index contributed by atoms with van der Waals surface area (Å²) in [4.78, 5) is 149. The van der Waals surface area contributed by atoms with Gasteiger partial charge >= 0.3 is 11.9 Å². The van der Waals surface area contributed by atoms with E-state index >= 15 is 9.59 Å². The number of hydrogen-bond acceptors (Lipinski definition) is 15. The molecule has 79 heavy (non-hydrogen) atoms. The number of ketones is 1. The lowest BCUT2D eigenvalue weighted by Crippen LogP contribution is -2.62. The van der Waals surface area contributed by atoms with Gasteiger partial charge in [-0.2, -0.15) is 0 Å². The number of amides is 7. The van der Waals surface area contributed by atoms with Crippen molar-refractivity contribution < 1.29 is 72.4 Å². The third-order valence-corrected chi connectivity index (χ3v) is 15.9. The number of esters is 2. The molecule has 5 rings (SSSR count). The van der Waals surface area contributed by atoms with Crippen molar-refractivity contribution in [2.75, 3.05) is 27.2 Å². The van der Waals surface area contributed by atoms with Gasteiger partial charge in [0.05, 0.1) is 31.6 Å². The average Bonchev–Trinajstić information content (AvgIpc) is 4.12. The first-order valence-corrected chi connectivity index (χ1v) is 28.2. The maximum atomic E-state index is 15.2. The van der Waals surface area contributed by atoms with Crippen molar-refractivity contribution in [2.45, 2.75) is 207 Å². The predicted octanol–water partition coefficient (Wildman–Crippen LogP) is 2.20. The van der Waals surface area contributed by atoms with Crippen molar-refractivity contribution in [3.8, 4) is 5.75 Å². The number of likely N-dealkylation sites (N-methyl/N-ethyl adjacent to an activating group) is 1. The van der Waals surface area contributed by atoms with Crippen LogP contribution < -0.4 is 20.7 Å². The molecule has 0 aromatic heterocycles. The minimum absolute atomic E-state index is 0.0622. The van der Waals surface area contributed by atoms with Gasteiger partial charge < -0.3 is 60.0 Å². The number of hydrogen-bond donors (Lipinski definition) is 5. The van der Waals surface area contributed by atoms with E-state index in [9.17, 15) is 48.6 Å². The number of nitrogens with zero attached hydrogens (tertiary/aromatic N) is 4. The summed E-state index contributed by atoms with van der Waals surface area (Å²) < 4.78 is 17.4. The van der Waals surface area contributed by atoms with Gasteiger partial charge in [0, 0.05) is 33.1 Å². The molecule has 0 aliphatic carbocycles. The van der Waals surface area contributed by atoms with Gasteiger partial charge in [0.15, 0.2) is 11.9 Å². The summed E-state index contributed by atoms with van der Waals surface area (Å²) in [7, 11) is 2.90. The van der Waals surface area contributed by atoms with E-state index in [0.717, 1.165) is 0 Å². The quantitative estimate of drug-likeness (QED) is 0.140. The number of methoxy groups -OCH3 is 1. The molecule has 0 saturated carbocycles. The molecule has 22 nitrogen and oxygen atoms in total. The number of carbonyl (C=O) groups is 10. The predicted molar refractivity (Wildman–Crippen MR) is 288 cm³/mol. The van der Waals surface area contributed by atoms with Crippen LogP contribution >= 0.6 is 0 Å². The molecule has 0 spiro atoms. The Morgan fingerprint density at radius 3 is 2.11 bits per heavy atom. The van der Waals surface area contributed by atoms with Crippen molar-refractivity contribution in [3.63, 3.8) is 0 Å². The fourth-order valence-corrected chi connectivity index (χ4v) is 11.1. The summed E-state index contributed by atoms with van der Waals surface area (Å²) in [5.74, 6) is -10.1. The highest BCUT2D eigenvalue weighted by Crippen LogP contribution is 2.32. The Balaban J connectivity index is 1.63. The lowest BCUT2D eigenvalue weighted by molar-refractivity contribution is -0.164. The van der Waals surface area contributed by atoms with E-state index in [-0.39, 0.29) is 63.6 Å². The van der Waals surface area contributed by atoms with Crippen LogP contribution in [0, 0.1) is 29.6 Å². The fraction of sp³-hybridized carbons (Fsp3) is 0.719. The van der Waals surface area contributed by atoms with E-state index in [0.29, 0.717) is 36.1 Å². The lowest BCUT2D eigenvalue weighted by atomic mass is 9.91. The minimum Gasteiger partial charge on any atom is -0.497 e. The normalized spacial score (nSPS) is 28.2. The van der Waals surface area contributed by atoms with Gasteiger partial charge in [0.25, 0.3) is 5.91 Å². The van der Waals surface area contributed by atoms with Crippen LogP contribution in [-0.2, 0) is 70.4 Å². The number of aliphatic hydroxyl groups is 2. The van der Waals surface area contributed by atoms with Crippen LogP contribution in [0.2, 0.25) is 0 Å². The molecule has 4 aliphatic heterocycles. The van der Waals surface area contributed by atoms with E-state index in [1.54, 1.807) is 45.9 Å². The van der Waals surface area contributed by atoms with Crippen molar-refractivity contribution in [3.05, 3.63) is 29.3 Å². The van der Waals surface area contributed by atoms with Gasteiger partial charge in [-0.05, 0) is 106 Å². The number of ether oxygens (including phenoxy) is 3. The zero-order chi connectivity index (χ0) is 58.9. The second-order valence-corrected chi connectivity index (χ2v) is 23.3. The molecule has 1 aromatic rings. The standard InChI is InChI=1S/C57H87N7O15/c1-14-32(8)46-44(66)27-45(67)79-49(31(6)7)48(68)33(9)50(69)58-39(23-29(2)3)54(73)63-22-16-18-41(63)56(75)64-28-37-25-38(77-13)20-19-36(37)26-43(64)57(76)78-35(11)47(52(71)59-46)60-51(70)42(24-30(4)5)61(12)55(74)40-17-15-21-62(40)53(72)34(10)65/h19-20,25,29-35,39-44,46-47,49,65-66H,14-18,21-24,26-28H2,1-13H3,(H,58,69)(H,59,71)(H,60,70)/t32-,33-,34-,35+,39-,40-,41-,42+,43-,44-,46+,47-,49-/m0/s1. The molecule has 3 fully saturated rings. The number of carbonyl (C=O) groups excluding carboxylic acids is 10. The molecule has 440 valence electrons. The van der Waals surface area contributed by atoms with Crippen LogP contribution in [0.25, 0.3) is 0 Å². The second-order valence-electron chi connectivity index (χ2n) is 23.3. The van der Waals surface area contributed by atoms with Gasteiger partial charge in [-0.15, -0.1) is 0 Å². The highest BCUT2D eigenvalue weighted by atomic mass is 16.6. The molecule has 0 unspecified atom stereocenters. The Bertz CT molecular complexity index is 2410. The van der Waals surface area contributed by atoms with Crippen LogP contribution in [0.1, 0.15) is 139 Å². The minimum atomic E-state index is -1.75. The summed E-state index contributed by atoms with van der Waals surface area (Å²) in [6.07, 6.45) is -4.85. The highest BCUT2D eigenvalue weighted by Gasteiger charge is 2.47. The summed E-state index contributed by atoms with van der Waals surface area (Å²) in [6, 6.07) is -3.58. The SMILES string of the molecule is CC[C@H](C)[C@H]1NC(=O)[C@@H](NC(=O)[C@@H](CC(C)C)N(C)C(=O)[C@@H]2CCCN2C(=O)[C@H](C)O)[C@@H](C)OC(=O)[C@@H]2Cc3ccc(OC)cc3CN2C(=O)[C@@H]2CCCN2C(=O)[C@H](CC(C)C)NC(=O)[C@@H](C)C(=O)[C@H](C(C)C)OC(=O)C[C@@H]1O. The number of rotatable bonds is 13. The van der Waals surface area contributed by atoms with Crippen LogP contribution in [0.15, 0.2) is 18.2 Å². The summed E-state index contributed by atoms with van der Waals surface area (Å²) in [5, 5.41) is 30.3. The monoisotopic (exact) mass is 1110 g/mol. The molecule has 0 bridgehead atoms. The molecular formula is C57H87N7O15. The Kier molecular flexibility index (Phi) is 22.4. The molecule has 7 amide bonds. The van der Waals surface area contributed by atoms with Crippen molar-refractivity contribution in [1.82, 2.24) is 35.6 Å². The number of likely N-dealkylation sites (tertiary alicyclic amines) is 1. The Hall–Kier alpha value is -6.16. The topological polar surface area (TPSA) is 288 Å². The average molecular weight is 1110 g/mol. The van der Waals surface area contributed by atoms with Gasteiger partial charge in [-0.25, -0.2) is 4.79 Å². The van der Waals surface area contributed by atoms with E-state index in [2.05, 4.69) is 16.0 Å². The lowest BCUT2D eigenvalue weighted by Gasteiger charge is -2.40. The molecule has 0 radical (unpaired) electrons. The smallest absolute Gasteiger partial charge is 0.329 e. The Labute approximate surface area is 464 Å². The number of nitrogens with one attached hydrogen (secondary N) is 3. The van der Waals surface area contributed by atoms with Gasteiger partial charge in [0.2, 0.25) is 35.4 Å². The molecule has 4 aliphatic rings. The maximum Gasteiger partial charge on any atom is 0.329 e. The van der Waals surface area contributed by atoms with E-state index in [1.807, 2.05) is 27.7 Å². The molecule has 5 N–H and O–H groups in total. The molecule has 1 aromatic carbocycles. The second kappa shape index (κ2) is 27.8. The number of Topliss-reactive ketones (excluding diaryl/α,β-unsaturated/α-hetero) is 1. The first-order chi connectivity index (χ1) is 37.1. The molecule has 22 heteroatoms. The number of cyclic esters (lactones) is 2. The van der Waals surface area contributed by atoms with Crippen molar-refractivity contribution in [2.24, 2.45) is 29.6 Å². The molecular weight excluding hydrogens is 1020 g/mol. The third kappa shape index (κ3) is 15.4. The maximum absolute atomic E-state index is 15.2. The Morgan fingerprint density at radius 2 is 1.51 bits per heavy atom. The summed E-state index contributed by atoms with van der Waals surface area (Å²) in [6.45, 7) is 18.4. The van der Waals surface area contributed by atoms with Crippen LogP contribution in [0.4, 0.5) is 0 Å². The van der Waals surface area contributed by atoms with Gasteiger partial charge in [0.1, 0.15) is 54.2 Å². The zero-order valence-corrected chi connectivity index (χ0v) is 48.4. The summed E-state index contributed by atoms with van der Waals surface area (Å²) >= 11 is 0. The Morgan fingerprint density at radius 1 is 0.835 bits per heavy atom. The third-order valence-electron chi connectivity index (χ3n) is 15.9. The number of fused-ring (bicyclic) bond motifs is 3. The van der Waals surface area contributed by atoms with E-state index in [4.69, 9.17) is 14.2 Å². The van der Waals surface area contributed by atoms with Gasteiger partial charge in [-0.3, -0.25) is 43.2 Å². The first kappa shape index (κ1) is 63.7. The number of benzene rings is 1. The van der Waals surface area contributed by atoms with Crippen LogP contribution in [0.3, 0.4) is 0 Å². The molecule has 13 atom stereocenters. The highest BCUT2D eigenvalue weighted by molar-refractivity contribution is 6.05. The van der Waals surface area contributed by atoms with E-state index < -0.39 is 150 Å².